The number of carbonyl (C=O) groups is 1. The van der Waals surface area contributed by atoms with Gasteiger partial charge < -0.3 is 10.6 Å². The molecule has 0 unspecified atom stereocenters. The molecule has 5 nitrogen and oxygen atoms in total. The lowest BCUT2D eigenvalue weighted by Gasteiger charge is -2.04. The molecule has 0 radical (unpaired) electrons. The van der Waals surface area contributed by atoms with Crippen molar-refractivity contribution in [2.75, 3.05) is 13.1 Å². The van der Waals surface area contributed by atoms with Crippen LogP contribution in [-0.2, 0) is 11.3 Å². The number of hydrogen-bond acceptors (Lipinski definition) is 4. The highest BCUT2D eigenvalue weighted by molar-refractivity contribution is 5.77. The van der Waals surface area contributed by atoms with Crippen molar-refractivity contribution in [2.45, 2.75) is 20.4 Å². The Hall–Kier alpha value is -1.49. The molecule has 82 valence electrons. The van der Waals surface area contributed by atoms with Crippen LogP contribution in [-0.4, -0.2) is 29.0 Å². The molecule has 0 aliphatic carbocycles. The molecule has 5 heteroatoms. The SMILES string of the molecule is CCNC(=O)CNCc1cnc(C)cn1. The van der Waals surface area contributed by atoms with Crippen LogP contribution in [0.3, 0.4) is 0 Å². The van der Waals surface area contributed by atoms with E-state index < -0.39 is 0 Å². The highest BCUT2D eigenvalue weighted by atomic mass is 16.1. The molecular weight excluding hydrogens is 192 g/mol. The van der Waals surface area contributed by atoms with E-state index in [1.807, 2.05) is 13.8 Å². The van der Waals surface area contributed by atoms with Gasteiger partial charge in [-0.2, -0.15) is 0 Å². The van der Waals surface area contributed by atoms with E-state index in [9.17, 15) is 4.79 Å². The fourth-order valence-electron chi connectivity index (χ4n) is 1.07. The summed E-state index contributed by atoms with van der Waals surface area (Å²) in [7, 11) is 0. The highest BCUT2D eigenvalue weighted by Gasteiger charge is 1.99. The highest BCUT2D eigenvalue weighted by Crippen LogP contribution is 1.92. The van der Waals surface area contributed by atoms with Crippen LogP contribution in [0, 0.1) is 6.92 Å². The maximum atomic E-state index is 11.1. The number of amides is 1. The average Bonchev–Trinajstić information content (AvgIpc) is 2.21. The third-order valence-electron chi connectivity index (χ3n) is 1.80. The smallest absolute Gasteiger partial charge is 0.233 e. The zero-order valence-electron chi connectivity index (χ0n) is 9.08. The fourth-order valence-corrected chi connectivity index (χ4v) is 1.07. The molecule has 0 aromatic carbocycles. The van der Waals surface area contributed by atoms with Gasteiger partial charge in [-0.3, -0.25) is 14.8 Å². The summed E-state index contributed by atoms with van der Waals surface area (Å²) in [5, 5.41) is 5.69. The molecule has 1 amide bonds. The van der Waals surface area contributed by atoms with E-state index in [4.69, 9.17) is 0 Å². The molecule has 1 aromatic heterocycles. The molecule has 1 rings (SSSR count). The Morgan fingerprint density at radius 2 is 2.20 bits per heavy atom. The van der Waals surface area contributed by atoms with Gasteiger partial charge in [0.1, 0.15) is 0 Å². The number of hydrogen-bond donors (Lipinski definition) is 2. The maximum Gasteiger partial charge on any atom is 0.233 e. The number of likely N-dealkylation sites (N-methyl/N-ethyl adjacent to an activating group) is 1. The average molecular weight is 208 g/mol. The van der Waals surface area contributed by atoms with E-state index in [0.29, 0.717) is 19.6 Å². The second-order valence-corrected chi connectivity index (χ2v) is 3.21. The number of aromatic nitrogens is 2. The molecule has 2 N–H and O–H groups in total. The minimum Gasteiger partial charge on any atom is -0.355 e. The van der Waals surface area contributed by atoms with Crippen molar-refractivity contribution in [1.29, 1.82) is 0 Å². The Morgan fingerprint density at radius 3 is 2.80 bits per heavy atom. The molecule has 0 saturated heterocycles. The Bertz CT molecular complexity index is 310. The van der Waals surface area contributed by atoms with Crippen molar-refractivity contribution in [1.82, 2.24) is 20.6 Å². The van der Waals surface area contributed by atoms with E-state index in [1.165, 1.54) is 0 Å². The first-order chi connectivity index (χ1) is 7.22. The molecule has 0 atom stereocenters. The van der Waals surface area contributed by atoms with Crippen LogP contribution < -0.4 is 10.6 Å². The van der Waals surface area contributed by atoms with Crippen LogP contribution in [0.2, 0.25) is 0 Å². The predicted octanol–water partition coefficient (Wildman–Crippen LogP) is 0.0107. The number of rotatable bonds is 5. The summed E-state index contributed by atoms with van der Waals surface area (Å²) in [5.41, 5.74) is 1.73. The summed E-state index contributed by atoms with van der Waals surface area (Å²) in [5.74, 6) is -0.00225. The van der Waals surface area contributed by atoms with Gasteiger partial charge in [0.25, 0.3) is 0 Å². The van der Waals surface area contributed by atoms with Gasteiger partial charge in [-0.25, -0.2) is 0 Å². The zero-order chi connectivity index (χ0) is 11.1. The van der Waals surface area contributed by atoms with Crippen molar-refractivity contribution in [2.24, 2.45) is 0 Å². The molecule has 0 spiro atoms. The van der Waals surface area contributed by atoms with Gasteiger partial charge in [-0.15, -0.1) is 0 Å². The lowest BCUT2D eigenvalue weighted by atomic mass is 10.4. The van der Waals surface area contributed by atoms with E-state index in [-0.39, 0.29) is 5.91 Å². The van der Waals surface area contributed by atoms with Crippen molar-refractivity contribution < 1.29 is 4.79 Å². The van der Waals surface area contributed by atoms with E-state index in [1.54, 1.807) is 12.4 Å². The van der Waals surface area contributed by atoms with Crippen molar-refractivity contribution in [3.05, 3.63) is 23.8 Å². The summed E-state index contributed by atoms with van der Waals surface area (Å²) in [6.45, 7) is 5.31. The topological polar surface area (TPSA) is 66.9 Å². The normalized spacial score (nSPS) is 10.0. The third-order valence-corrected chi connectivity index (χ3v) is 1.80. The number of nitrogens with zero attached hydrogens (tertiary/aromatic N) is 2. The first-order valence-corrected chi connectivity index (χ1v) is 4.97. The van der Waals surface area contributed by atoms with Crippen LogP contribution in [0.5, 0.6) is 0 Å². The Kier molecular flexibility index (Phi) is 4.70. The van der Waals surface area contributed by atoms with Gasteiger partial charge >= 0.3 is 0 Å². The molecule has 0 aliphatic heterocycles. The van der Waals surface area contributed by atoms with E-state index in [2.05, 4.69) is 20.6 Å². The van der Waals surface area contributed by atoms with E-state index >= 15 is 0 Å². The summed E-state index contributed by atoms with van der Waals surface area (Å²) < 4.78 is 0. The monoisotopic (exact) mass is 208 g/mol. The minimum atomic E-state index is -0.00225. The molecule has 15 heavy (non-hydrogen) atoms. The quantitative estimate of drug-likeness (QED) is 0.715. The Balaban J connectivity index is 2.26. The minimum absolute atomic E-state index is 0.00225. The molecule has 0 saturated carbocycles. The zero-order valence-corrected chi connectivity index (χ0v) is 9.08. The summed E-state index contributed by atoms with van der Waals surface area (Å²) >= 11 is 0. The van der Waals surface area contributed by atoms with Crippen molar-refractivity contribution >= 4 is 5.91 Å². The van der Waals surface area contributed by atoms with Crippen molar-refractivity contribution in [3.63, 3.8) is 0 Å². The Morgan fingerprint density at radius 1 is 1.40 bits per heavy atom. The molecule has 0 fully saturated rings. The number of aryl methyl sites for hydroxylation is 1. The summed E-state index contributed by atoms with van der Waals surface area (Å²) in [6, 6.07) is 0. The van der Waals surface area contributed by atoms with Crippen LogP contribution in [0.1, 0.15) is 18.3 Å². The maximum absolute atomic E-state index is 11.1. The van der Waals surface area contributed by atoms with Gasteiger partial charge in [0.15, 0.2) is 0 Å². The lowest BCUT2D eigenvalue weighted by molar-refractivity contribution is -0.120. The fraction of sp³-hybridized carbons (Fsp3) is 0.500. The van der Waals surface area contributed by atoms with E-state index in [0.717, 1.165) is 11.4 Å². The van der Waals surface area contributed by atoms with Crippen LogP contribution in [0.15, 0.2) is 12.4 Å². The third kappa shape index (κ3) is 4.51. The van der Waals surface area contributed by atoms with Gasteiger partial charge in [-0.1, -0.05) is 0 Å². The van der Waals surface area contributed by atoms with Gasteiger partial charge in [0.05, 0.1) is 17.9 Å². The first kappa shape index (κ1) is 11.6. The largest absolute Gasteiger partial charge is 0.355 e. The number of nitrogens with one attached hydrogen (secondary N) is 2. The molecular formula is C10H16N4O. The molecule has 0 bridgehead atoms. The van der Waals surface area contributed by atoms with Crippen LogP contribution in [0.4, 0.5) is 0 Å². The van der Waals surface area contributed by atoms with Crippen LogP contribution >= 0.6 is 0 Å². The molecule has 0 aliphatic rings. The second-order valence-electron chi connectivity index (χ2n) is 3.21. The standard InChI is InChI=1S/C10H16N4O/c1-3-12-10(15)7-11-5-9-6-13-8(2)4-14-9/h4,6,11H,3,5,7H2,1-2H3,(H,12,15). The van der Waals surface area contributed by atoms with Gasteiger partial charge in [0.2, 0.25) is 5.91 Å². The van der Waals surface area contributed by atoms with Gasteiger partial charge in [-0.05, 0) is 13.8 Å². The van der Waals surface area contributed by atoms with Gasteiger partial charge in [0, 0.05) is 25.5 Å². The lowest BCUT2D eigenvalue weighted by Crippen LogP contribution is -2.33. The molecule has 1 aromatic rings. The predicted molar refractivity (Wildman–Crippen MR) is 57.2 cm³/mol. The molecule has 1 heterocycles. The van der Waals surface area contributed by atoms with Crippen molar-refractivity contribution in [3.8, 4) is 0 Å². The Labute approximate surface area is 89.3 Å². The number of carbonyl (C=O) groups excluding carboxylic acids is 1. The summed E-state index contributed by atoms with van der Waals surface area (Å²) in [4.78, 5) is 19.4. The second kappa shape index (κ2) is 6.08. The first-order valence-electron chi connectivity index (χ1n) is 4.97. The summed E-state index contributed by atoms with van der Waals surface area (Å²) in [6.07, 6.45) is 3.42. The van der Waals surface area contributed by atoms with Crippen LogP contribution in [0.25, 0.3) is 0 Å².